The zero-order valence-electron chi connectivity index (χ0n) is 9.93. The molecule has 18 heavy (non-hydrogen) atoms. The third-order valence-corrected chi connectivity index (χ3v) is 3.53. The van der Waals surface area contributed by atoms with Gasteiger partial charge in [-0.3, -0.25) is 0 Å². The third kappa shape index (κ3) is 2.91. The van der Waals surface area contributed by atoms with Crippen molar-refractivity contribution in [1.82, 2.24) is 0 Å². The van der Waals surface area contributed by atoms with Gasteiger partial charge in [0.25, 0.3) is 0 Å². The average molecular weight is 278 g/mol. The molecule has 0 bridgehead atoms. The van der Waals surface area contributed by atoms with Crippen LogP contribution < -0.4 is 4.90 Å². The van der Waals surface area contributed by atoms with Crippen molar-refractivity contribution >= 4 is 17.3 Å². The first-order valence-electron chi connectivity index (χ1n) is 6.03. The first kappa shape index (κ1) is 13.5. The Balaban J connectivity index is 2.38. The van der Waals surface area contributed by atoms with Crippen molar-refractivity contribution in [1.29, 1.82) is 0 Å². The smallest absolute Gasteiger partial charge is 0.371 e. The Kier molecular flexibility index (Phi) is 4.05. The first-order chi connectivity index (χ1) is 8.52. The maximum absolute atomic E-state index is 13.0. The van der Waals surface area contributed by atoms with E-state index in [2.05, 4.69) is 0 Å². The van der Waals surface area contributed by atoms with Crippen LogP contribution in [0.4, 0.5) is 18.9 Å². The van der Waals surface area contributed by atoms with Crippen molar-refractivity contribution in [2.24, 2.45) is 0 Å². The second-order valence-electron chi connectivity index (χ2n) is 4.53. The first-order valence-corrected chi connectivity index (χ1v) is 6.57. The fraction of sp³-hybridized carbons (Fsp3) is 0.538. The van der Waals surface area contributed by atoms with Gasteiger partial charge in [0.1, 0.15) is 0 Å². The van der Waals surface area contributed by atoms with E-state index in [4.69, 9.17) is 11.6 Å². The lowest BCUT2D eigenvalue weighted by atomic mass is 10.0. The summed E-state index contributed by atoms with van der Waals surface area (Å²) in [5.41, 5.74) is 0.225. The van der Waals surface area contributed by atoms with Crippen molar-refractivity contribution in [3.8, 4) is 0 Å². The number of piperidine rings is 1. The van der Waals surface area contributed by atoms with E-state index in [1.807, 2.05) is 4.90 Å². The van der Waals surface area contributed by atoms with Gasteiger partial charge in [-0.25, -0.2) is 0 Å². The zero-order chi connectivity index (χ0) is 13.2. The number of hydrogen-bond acceptors (Lipinski definition) is 1. The highest BCUT2D eigenvalue weighted by Gasteiger charge is 2.35. The summed E-state index contributed by atoms with van der Waals surface area (Å²) in [4.78, 5) is 1.82. The van der Waals surface area contributed by atoms with Gasteiger partial charge in [0, 0.05) is 24.7 Å². The number of nitrogens with zero attached hydrogens (tertiary/aromatic N) is 1. The van der Waals surface area contributed by atoms with Gasteiger partial charge in [0.2, 0.25) is 0 Å². The fourth-order valence-electron chi connectivity index (χ4n) is 2.30. The maximum Gasteiger partial charge on any atom is 0.418 e. The second-order valence-corrected chi connectivity index (χ2v) is 4.80. The molecule has 100 valence electrons. The van der Waals surface area contributed by atoms with E-state index in [0.717, 1.165) is 25.3 Å². The predicted molar refractivity (Wildman–Crippen MR) is 67.1 cm³/mol. The van der Waals surface area contributed by atoms with Crippen molar-refractivity contribution in [3.63, 3.8) is 0 Å². The molecule has 2 rings (SSSR count). The van der Waals surface area contributed by atoms with Gasteiger partial charge >= 0.3 is 6.18 Å². The Labute approximate surface area is 110 Å². The molecule has 1 fully saturated rings. The summed E-state index contributed by atoms with van der Waals surface area (Å²) in [6, 6.07) is 4.38. The van der Waals surface area contributed by atoms with Crippen LogP contribution in [0.1, 0.15) is 30.4 Å². The van der Waals surface area contributed by atoms with Gasteiger partial charge in [-0.15, -0.1) is 11.6 Å². The predicted octanol–water partition coefficient (Wildman–Crippen LogP) is 4.43. The molecule has 1 saturated heterocycles. The van der Waals surface area contributed by atoms with Crippen LogP contribution >= 0.6 is 11.6 Å². The SMILES string of the molecule is FC(F)(F)c1cc(CCl)ccc1N1CCCCC1. The number of benzene rings is 1. The van der Waals surface area contributed by atoms with Crippen molar-refractivity contribution < 1.29 is 13.2 Å². The molecule has 1 aromatic carbocycles. The molecule has 0 saturated carbocycles. The summed E-state index contributed by atoms with van der Waals surface area (Å²) < 4.78 is 39.1. The lowest BCUT2D eigenvalue weighted by Gasteiger charge is -2.31. The van der Waals surface area contributed by atoms with E-state index in [-0.39, 0.29) is 11.6 Å². The molecular formula is C13H15ClF3N. The molecule has 0 radical (unpaired) electrons. The lowest BCUT2D eigenvalue weighted by Crippen LogP contribution is -2.31. The van der Waals surface area contributed by atoms with Gasteiger partial charge in [0.05, 0.1) is 5.56 Å². The number of rotatable bonds is 2. The highest BCUT2D eigenvalue weighted by atomic mass is 35.5. The molecule has 0 aliphatic carbocycles. The highest BCUT2D eigenvalue weighted by Crippen LogP contribution is 2.38. The second kappa shape index (κ2) is 5.39. The summed E-state index contributed by atoms with van der Waals surface area (Å²) >= 11 is 5.61. The molecule has 0 spiro atoms. The quantitative estimate of drug-likeness (QED) is 0.723. The number of anilines is 1. The molecule has 1 aliphatic heterocycles. The molecule has 1 aliphatic rings. The standard InChI is InChI=1S/C13H15ClF3N/c14-9-10-4-5-12(11(8-10)13(15,16)17)18-6-2-1-3-7-18/h4-5,8H,1-3,6-7,9H2. The van der Waals surface area contributed by atoms with Crippen LogP contribution in [0, 0.1) is 0 Å². The Morgan fingerprint density at radius 3 is 2.33 bits per heavy atom. The topological polar surface area (TPSA) is 3.24 Å². The van der Waals surface area contributed by atoms with Crippen LogP contribution in [0.5, 0.6) is 0 Å². The summed E-state index contributed by atoms with van der Waals surface area (Å²) in [6.07, 6.45) is -1.32. The van der Waals surface area contributed by atoms with E-state index >= 15 is 0 Å². The summed E-state index contributed by atoms with van der Waals surface area (Å²) in [5.74, 6) is 0.101. The van der Waals surface area contributed by atoms with Gasteiger partial charge in [-0.05, 0) is 37.0 Å². The van der Waals surface area contributed by atoms with Crippen molar-refractivity contribution in [2.45, 2.75) is 31.3 Å². The molecule has 0 unspecified atom stereocenters. The number of hydrogen-bond donors (Lipinski definition) is 0. The molecule has 0 atom stereocenters. The van der Waals surface area contributed by atoms with Gasteiger partial charge in [-0.2, -0.15) is 13.2 Å². The maximum atomic E-state index is 13.0. The third-order valence-electron chi connectivity index (χ3n) is 3.22. The van der Waals surface area contributed by atoms with Crippen molar-refractivity contribution in [3.05, 3.63) is 29.3 Å². The van der Waals surface area contributed by atoms with Gasteiger partial charge < -0.3 is 4.90 Å². The Morgan fingerprint density at radius 2 is 1.78 bits per heavy atom. The van der Waals surface area contributed by atoms with Crippen LogP contribution in [0.25, 0.3) is 0 Å². The van der Waals surface area contributed by atoms with Gasteiger partial charge in [0.15, 0.2) is 0 Å². The molecule has 0 aromatic heterocycles. The Morgan fingerprint density at radius 1 is 1.11 bits per heavy atom. The van der Waals surface area contributed by atoms with Crippen LogP contribution in [0.15, 0.2) is 18.2 Å². The minimum absolute atomic E-state index is 0.101. The van der Waals surface area contributed by atoms with Crippen LogP contribution in [-0.4, -0.2) is 13.1 Å². The van der Waals surface area contributed by atoms with Crippen LogP contribution in [-0.2, 0) is 12.1 Å². The minimum Gasteiger partial charge on any atom is -0.371 e. The van der Waals surface area contributed by atoms with E-state index in [0.29, 0.717) is 18.7 Å². The largest absolute Gasteiger partial charge is 0.418 e. The summed E-state index contributed by atoms with van der Waals surface area (Å²) in [5, 5.41) is 0. The molecule has 0 N–H and O–H groups in total. The number of alkyl halides is 4. The normalized spacial score (nSPS) is 17.0. The van der Waals surface area contributed by atoms with E-state index in [1.54, 1.807) is 12.1 Å². The van der Waals surface area contributed by atoms with E-state index in [9.17, 15) is 13.2 Å². The van der Waals surface area contributed by atoms with Crippen molar-refractivity contribution in [2.75, 3.05) is 18.0 Å². The zero-order valence-corrected chi connectivity index (χ0v) is 10.7. The lowest BCUT2D eigenvalue weighted by molar-refractivity contribution is -0.137. The molecule has 1 aromatic rings. The van der Waals surface area contributed by atoms with E-state index in [1.165, 1.54) is 0 Å². The molecule has 1 heterocycles. The van der Waals surface area contributed by atoms with Crippen LogP contribution in [0.3, 0.4) is 0 Å². The van der Waals surface area contributed by atoms with Crippen LogP contribution in [0.2, 0.25) is 0 Å². The molecule has 5 heteroatoms. The Hall–Kier alpha value is -0.900. The number of halogens is 4. The summed E-state index contributed by atoms with van der Waals surface area (Å²) in [7, 11) is 0. The van der Waals surface area contributed by atoms with E-state index < -0.39 is 11.7 Å². The monoisotopic (exact) mass is 277 g/mol. The molecule has 1 nitrogen and oxygen atoms in total. The summed E-state index contributed by atoms with van der Waals surface area (Å²) in [6.45, 7) is 1.40. The Bertz CT molecular complexity index is 411. The average Bonchev–Trinajstić information content (AvgIpc) is 2.38. The molecular weight excluding hydrogens is 263 g/mol. The minimum atomic E-state index is -4.32. The highest BCUT2D eigenvalue weighted by molar-refractivity contribution is 6.17. The fourth-order valence-corrected chi connectivity index (χ4v) is 2.47. The van der Waals surface area contributed by atoms with Gasteiger partial charge in [-0.1, -0.05) is 6.07 Å². The molecule has 0 amide bonds.